The van der Waals surface area contributed by atoms with Crippen LogP contribution >= 0.6 is 24.0 Å². The van der Waals surface area contributed by atoms with Crippen LogP contribution in [0.2, 0.25) is 0 Å². The molecule has 1 unspecified atom stereocenters. The molecule has 1 aromatic carbocycles. The minimum Gasteiger partial charge on any atom is -0.365 e. The van der Waals surface area contributed by atoms with Gasteiger partial charge in [0.15, 0.2) is 5.96 Å². The molecule has 0 radical (unpaired) electrons. The zero-order valence-corrected chi connectivity index (χ0v) is 19.2. The highest BCUT2D eigenvalue weighted by molar-refractivity contribution is 14.0. The van der Waals surface area contributed by atoms with Crippen molar-refractivity contribution in [1.82, 2.24) is 15.6 Å². The normalized spacial score (nSPS) is 16.4. The number of aliphatic imine (C=N–C) groups is 1. The Morgan fingerprint density at radius 2 is 2.00 bits per heavy atom. The molecule has 9 heteroatoms. The quantitative estimate of drug-likeness (QED) is 0.364. The molecule has 1 aromatic heterocycles. The lowest BCUT2D eigenvalue weighted by molar-refractivity contribution is 0.576. The SMILES string of the molecule is CN=C(NCc1ccnc(N(C)C)c1)NC1CCN(c2c(F)cccc2F)C1.I. The largest absolute Gasteiger partial charge is 0.365 e. The summed E-state index contributed by atoms with van der Waals surface area (Å²) < 4.78 is 28.0. The lowest BCUT2D eigenvalue weighted by Gasteiger charge is -2.21. The van der Waals surface area contributed by atoms with E-state index in [0.717, 1.165) is 17.8 Å². The predicted octanol–water partition coefficient (Wildman–Crippen LogP) is 2.99. The molecule has 1 saturated heterocycles. The van der Waals surface area contributed by atoms with Crippen molar-refractivity contribution in [2.24, 2.45) is 4.99 Å². The van der Waals surface area contributed by atoms with Gasteiger partial charge in [-0.05, 0) is 36.2 Å². The Kier molecular flexibility index (Phi) is 8.42. The van der Waals surface area contributed by atoms with Crippen molar-refractivity contribution >= 4 is 41.4 Å². The van der Waals surface area contributed by atoms with Crippen LogP contribution in [0.15, 0.2) is 41.5 Å². The Hall–Kier alpha value is -2.17. The first-order chi connectivity index (χ1) is 13.5. The molecular weight excluding hydrogens is 489 g/mol. The van der Waals surface area contributed by atoms with Gasteiger partial charge >= 0.3 is 0 Å². The number of guanidine groups is 1. The maximum atomic E-state index is 14.0. The monoisotopic (exact) mass is 516 g/mol. The van der Waals surface area contributed by atoms with Gasteiger partial charge in [0.1, 0.15) is 23.1 Å². The molecule has 0 bridgehead atoms. The minimum absolute atomic E-state index is 0. The molecule has 0 amide bonds. The molecule has 2 N–H and O–H groups in total. The second-order valence-electron chi connectivity index (χ2n) is 6.99. The Morgan fingerprint density at radius 1 is 1.28 bits per heavy atom. The van der Waals surface area contributed by atoms with E-state index in [1.807, 2.05) is 31.1 Å². The molecule has 1 aliphatic heterocycles. The van der Waals surface area contributed by atoms with Crippen molar-refractivity contribution in [3.8, 4) is 0 Å². The van der Waals surface area contributed by atoms with E-state index in [2.05, 4.69) is 20.6 Å². The number of halogens is 3. The van der Waals surface area contributed by atoms with Crippen LogP contribution in [0.1, 0.15) is 12.0 Å². The summed E-state index contributed by atoms with van der Waals surface area (Å²) in [7, 11) is 5.60. The molecule has 6 nitrogen and oxygen atoms in total. The van der Waals surface area contributed by atoms with Crippen LogP contribution in [0.3, 0.4) is 0 Å². The van der Waals surface area contributed by atoms with Crippen molar-refractivity contribution in [1.29, 1.82) is 0 Å². The summed E-state index contributed by atoms with van der Waals surface area (Å²) in [6.07, 6.45) is 2.55. The summed E-state index contributed by atoms with van der Waals surface area (Å²) in [5, 5.41) is 6.62. The first-order valence-electron chi connectivity index (χ1n) is 9.26. The summed E-state index contributed by atoms with van der Waals surface area (Å²) in [4.78, 5) is 12.3. The van der Waals surface area contributed by atoms with E-state index in [1.165, 1.54) is 18.2 Å². The average Bonchev–Trinajstić information content (AvgIpc) is 3.13. The molecule has 1 aliphatic rings. The summed E-state index contributed by atoms with van der Waals surface area (Å²) in [5.41, 5.74) is 1.13. The number of nitrogens with zero attached hydrogens (tertiary/aromatic N) is 4. The van der Waals surface area contributed by atoms with Gasteiger partial charge in [0.25, 0.3) is 0 Å². The Labute approximate surface area is 187 Å². The predicted molar refractivity (Wildman–Crippen MR) is 124 cm³/mol. The molecule has 3 rings (SSSR count). The smallest absolute Gasteiger partial charge is 0.191 e. The van der Waals surface area contributed by atoms with Crippen LogP contribution < -0.4 is 20.4 Å². The third-order valence-corrected chi connectivity index (χ3v) is 4.73. The molecule has 158 valence electrons. The van der Waals surface area contributed by atoms with Crippen LogP contribution in [0.5, 0.6) is 0 Å². The lowest BCUT2D eigenvalue weighted by atomic mass is 10.2. The van der Waals surface area contributed by atoms with E-state index in [9.17, 15) is 8.78 Å². The lowest BCUT2D eigenvalue weighted by Crippen LogP contribution is -2.44. The van der Waals surface area contributed by atoms with Gasteiger partial charge < -0.3 is 20.4 Å². The van der Waals surface area contributed by atoms with E-state index in [1.54, 1.807) is 18.1 Å². The maximum Gasteiger partial charge on any atom is 0.191 e. The average molecular weight is 516 g/mol. The molecule has 1 fully saturated rings. The van der Waals surface area contributed by atoms with Crippen LogP contribution in [0.25, 0.3) is 0 Å². The van der Waals surface area contributed by atoms with Crippen molar-refractivity contribution in [3.63, 3.8) is 0 Å². The second-order valence-corrected chi connectivity index (χ2v) is 6.99. The first-order valence-corrected chi connectivity index (χ1v) is 9.26. The van der Waals surface area contributed by atoms with Gasteiger partial charge in [0.2, 0.25) is 0 Å². The van der Waals surface area contributed by atoms with Gasteiger partial charge in [-0.3, -0.25) is 4.99 Å². The minimum atomic E-state index is -0.530. The number of para-hydroxylation sites is 1. The number of rotatable bonds is 5. The summed E-state index contributed by atoms with van der Waals surface area (Å²) in [5.74, 6) is 0.486. The van der Waals surface area contributed by atoms with Crippen molar-refractivity contribution in [3.05, 3.63) is 53.7 Å². The first kappa shape index (κ1) is 23.1. The molecule has 0 aliphatic carbocycles. The fourth-order valence-corrected chi connectivity index (χ4v) is 3.26. The molecule has 2 heterocycles. The number of nitrogens with one attached hydrogen (secondary N) is 2. The molecule has 29 heavy (non-hydrogen) atoms. The third-order valence-electron chi connectivity index (χ3n) is 4.73. The van der Waals surface area contributed by atoms with Crippen molar-refractivity contribution in [2.75, 3.05) is 44.0 Å². The summed E-state index contributed by atoms with van der Waals surface area (Å²) in [6, 6.07) is 7.98. The Morgan fingerprint density at radius 3 is 2.66 bits per heavy atom. The maximum absolute atomic E-state index is 14.0. The molecule has 1 atom stereocenters. The van der Waals surface area contributed by atoms with Gasteiger partial charge in [0, 0.05) is 53.0 Å². The number of pyridine rings is 1. The van der Waals surface area contributed by atoms with Gasteiger partial charge in [0.05, 0.1) is 0 Å². The Balaban J connectivity index is 0.00000300. The number of hydrogen-bond donors (Lipinski definition) is 2. The fourth-order valence-electron chi connectivity index (χ4n) is 3.26. The fraction of sp³-hybridized carbons (Fsp3) is 0.400. The highest BCUT2D eigenvalue weighted by Gasteiger charge is 2.27. The van der Waals surface area contributed by atoms with E-state index in [4.69, 9.17) is 0 Å². The van der Waals surface area contributed by atoms with E-state index >= 15 is 0 Å². The van der Waals surface area contributed by atoms with E-state index in [-0.39, 0.29) is 35.7 Å². The van der Waals surface area contributed by atoms with Crippen LogP contribution in [-0.2, 0) is 6.54 Å². The topological polar surface area (TPSA) is 55.8 Å². The highest BCUT2D eigenvalue weighted by atomic mass is 127. The van der Waals surface area contributed by atoms with Gasteiger partial charge in [-0.25, -0.2) is 13.8 Å². The molecule has 0 saturated carbocycles. The zero-order valence-electron chi connectivity index (χ0n) is 16.8. The summed E-state index contributed by atoms with van der Waals surface area (Å²) in [6.45, 7) is 1.70. The van der Waals surface area contributed by atoms with Crippen LogP contribution in [-0.4, -0.2) is 51.2 Å². The zero-order chi connectivity index (χ0) is 20.1. The van der Waals surface area contributed by atoms with Crippen molar-refractivity contribution < 1.29 is 8.78 Å². The third kappa shape index (κ3) is 5.91. The van der Waals surface area contributed by atoms with Crippen LogP contribution in [0.4, 0.5) is 20.3 Å². The van der Waals surface area contributed by atoms with Crippen molar-refractivity contribution in [2.45, 2.75) is 19.0 Å². The highest BCUT2D eigenvalue weighted by Crippen LogP contribution is 2.26. The van der Waals surface area contributed by atoms with E-state index < -0.39 is 11.6 Å². The molecule has 0 spiro atoms. The van der Waals surface area contributed by atoms with Gasteiger partial charge in [-0.2, -0.15) is 0 Å². The molecule has 2 aromatic rings. The van der Waals surface area contributed by atoms with Crippen LogP contribution in [0, 0.1) is 11.6 Å². The summed E-state index contributed by atoms with van der Waals surface area (Å²) >= 11 is 0. The number of anilines is 2. The molecular formula is C20H27F2IN6. The van der Waals surface area contributed by atoms with Gasteiger partial charge in [-0.1, -0.05) is 6.07 Å². The number of hydrogen-bond acceptors (Lipinski definition) is 4. The Bertz CT molecular complexity index is 825. The standard InChI is InChI=1S/C20H26F2N6.HI/c1-23-20(25-12-14-7-9-24-18(11-14)27(2)3)26-15-8-10-28(13-15)19-16(21)5-4-6-17(19)22;/h4-7,9,11,15H,8,10,12-13H2,1-3H3,(H2,23,25,26);1H. The second kappa shape index (κ2) is 10.6. The van der Waals surface area contributed by atoms with E-state index in [0.29, 0.717) is 25.6 Å². The number of aromatic nitrogens is 1. The number of benzene rings is 1. The van der Waals surface area contributed by atoms with Gasteiger partial charge in [-0.15, -0.1) is 24.0 Å².